The lowest BCUT2D eigenvalue weighted by atomic mass is 10.1. The molecule has 1 aliphatic rings. The fraction of sp³-hybridized carbons (Fsp3) is 0.778. The molecular weight excluding hydrogens is 184 g/mol. The number of hydrogen-bond acceptors (Lipinski definition) is 4. The van der Waals surface area contributed by atoms with Gasteiger partial charge in [-0.05, 0) is 30.3 Å². The largest absolute Gasteiger partial charge is 0.384 e. The Balaban J connectivity index is 2.25. The van der Waals surface area contributed by atoms with Crippen LogP contribution in [0.3, 0.4) is 0 Å². The van der Waals surface area contributed by atoms with Crippen molar-refractivity contribution < 1.29 is 5.11 Å². The van der Waals surface area contributed by atoms with Crippen molar-refractivity contribution in [1.29, 1.82) is 0 Å². The fourth-order valence-corrected chi connectivity index (χ4v) is 2.57. The quantitative estimate of drug-likeness (QED) is 0.804. The average Bonchev–Trinajstić information content (AvgIpc) is 2.53. The normalized spacial score (nSPS) is 32.1. The van der Waals surface area contributed by atoms with Crippen molar-refractivity contribution in [3.05, 3.63) is 10.6 Å². The molecule has 1 saturated carbocycles. The van der Waals surface area contributed by atoms with Gasteiger partial charge in [-0.25, -0.2) is 0 Å². The molecule has 4 heteroatoms. The first-order chi connectivity index (χ1) is 6.18. The van der Waals surface area contributed by atoms with E-state index < -0.39 is 5.60 Å². The lowest BCUT2D eigenvalue weighted by Gasteiger charge is -2.06. The van der Waals surface area contributed by atoms with Gasteiger partial charge in [-0.2, -0.15) is 0 Å². The van der Waals surface area contributed by atoms with Crippen molar-refractivity contribution in [1.82, 2.24) is 9.59 Å². The van der Waals surface area contributed by atoms with Crippen LogP contribution in [0.15, 0.2) is 0 Å². The summed E-state index contributed by atoms with van der Waals surface area (Å²) in [5.74, 6) is 0.380. The molecule has 0 aromatic carbocycles. The first-order valence-corrected chi connectivity index (χ1v) is 5.50. The Kier molecular flexibility index (Phi) is 2.12. The summed E-state index contributed by atoms with van der Waals surface area (Å²) in [6.07, 6.45) is 2.86. The van der Waals surface area contributed by atoms with Crippen LogP contribution in [-0.4, -0.2) is 14.7 Å². The number of rotatable bonds is 3. The van der Waals surface area contributed by atoms with Crippen molar-refractivity contribution in [2.24, 2.45) is 5.92 Å². The van der Waals surface area contributed by atoms with Gasteiger partial charge >= 0.3 is 0 Å². The Hall–Kier alpha value is -0.480. The molecular formula is C9H14N2OS. The smallest absolute Gasteiger partial charge is 0.105 e. The fourth-order valence-electron chi connectivity index (χ4n) is 1.66. The van der Waals surface area contributed by atoms with Gasteiger partial charge in [0.25, 0.3) is 0 Å². The van der Waals surface area contributed by atoms with E-state index in [1.807, 2.05) is 0 Å². The van der Waals surface area contributed by atoms with Gasteiger partial charge in [0.2, 0.25) is 0 Å². The third kappa shape index (κ3) is 1.38. The number of aliphatic hydroxyl groups is 1. The van der Waals surface area contributed by atoms with Crippen molar-refractivity contribution in [3.63, 3.8) is 0 Å². The Morgan fingerprint density at radius 3 is 2.92 bits per heavy atom. The molecule has 0 spiro atoms. The van der Waals surface area contributed by atoms with Crippen molar-refractivity contribution in [2.45, 2.75) is 38.7 Å². The minimum atomic E-state index is -0.585. The summed E-state index contributed by atoms with van der Waals surface area (Å²) in [5, 5.41) is 14.2. The molecule has 3 nitrogen and oxygen atoms in total. The van der Waals surface area contributed by atoms with Crippen LogP contribution < -0.4 is 0 Å². The molecule has 0 amide bonds. The topological polar surface area (TPSA) is 46.0 Å². The SMILES string of the molecule is CCCc1nnsc1C1(O)CC1C. The first kappa shape index (κ1) is 9.09. The highest BCUT2D eigenvalue weighted by molar-refractivity contribution is 7.05. The van der Waals surface area contributed by atoms with E-state index in [2.05, 4.69) is 23.4 Å². The summed E-state index contributed by atoms with van der Waals surface area (Å²) in [6, 6.07) is 0. The van der Waals surface area contributed by atoms with Crippen molar-refractivity contribution >= 4 is 11.5 Å². The van der Waals surface area contributed by atoms with Gasteiger partial charge in [-0.15, -0.1) is 5.10 Å². The van der Waals surface area contributed by atoms with Gasteiger partial charge in [-0.3, -0.25) is 0 Å². The Morgan fingerprint density at radius 1 is 1.69 bits per heavy atom. The van der Waals surface area contributed by atoms with Crippen LogP contribution in [0.2, 0.25) is 0 Å². The second-order valence-corrected chi connectivity index (χ2v) is 4.58. The number of aryl methyl sites for hydroxylation is 1. The van der Waals surface area contributed by atoms with Crippen LogP contribution in [0.25, 0.3) is 0 Å². The van der Waals surface area contributed by atoms with Gasteiger partial charge in [0.05, 0.1) is 10.6 Å². The first-order valence-electron chi connectivity index (χ1n) is 4.72. The molecule has 1 aliphatic carbocycles. The number of nitrogens with zero attached hydrogens (tertiary/aromatic N) is 2. The van der Waals surface area contributed by atoms with E-state index in [1.54, 1.807) is 0 Å². The molecule has 0 radical (unpaired) electrons. The molecule has 2 unspecified atom stereocenters. The molecule has 0 saturated heterocycles. The molecule has 1 N–H and O–H groups in total. The standard InChI is InChI=1S/C9H14N2OS/c1-3-4-7-8(13-11-10-7)9(12)5-6(9)2/h6,12H,3-5H2,1-2H3. The molecule has 1 aromatic rings. The molecule has 1 fully saturated rings. The molecule has 72 valence electrons. The third-order valence-corrected chi connectivity index (χ3v) is 3.64. The van der Waals surface area contributed by atoms with Gasteiger partial charge in [0, 0.05) is 0 Å². The van der Waals surface area contributed by atoms with E-state index in [9.17, 15) is 5.11 Å². The molecule has 2 atom stereocenters. The van der Waals surface area contributed by atoms with Crippen LogP contribution in [-0.2, 0) is 12.0 Å². The average molecular weight is 198 g/mol. The summed E-state index contributed by atoms with van der Waals surface area (Å²) in [7, 11) is 0. The summed E-state index contributed by atoms with van der Waals surface area (Å²) >= 11 is 1.35. The predicted octanol–water partition coefficient (Wildman–Crippen LogP) is 1.72. The Bertz CT molecular complexity index is 312. The molecule has 2 rings (SSSR count). The maximum atomic E-state index is 10.1. The van der Waals surface area contributed by atoms with Crippen LogP contribution in [0, 0.1) is 5.92 Å². The van der Waals surface area contributed by atoms with Gasteiger partial charge in [-0.1, -0.05) is 24.8 Å². The lowest BCUT2D eigenvalue weighted by Crippen LogP contribution is -2.08. The second kappa shape index (κ2) is 3.03. The summed E-state index contributed by atoms with van der Waals surface area (Å²) in [4.78, 5) is 1.00. The molecule has 13 heavy (non-hydrogen) atoms. The highest BCUT2D eigenvalue weighted by Gasteiger charge is 2.53. The molecule has 1 heterocycles. The minimum absolute atomic E-state index is 0.380. The third-order valence-electron chi connectivity index (χ3n) is 2.71. The van der Waals surface area contributed by atoms with Gasteiger partial charge < -0.3 is 5.11 Å². The summed E-state index contributed by atoms with van der Waals surface area (Å²) in [6.45, 7) is 4.18. The van der Waals surface area contributed by atoms with E-state index in [0.29, 0.717) is 5.92 Å². The van der Waals surface area contributed by atoms with Crippen molar-refractivity contribution in [3.8, 4) is 0 Å². The molecule has 1 aromatic heterocycles. The predicted molar refractivity (Wildman–Crippen MR) is 51.6 cm³/mol. The van der Waals surface area contributed by atoms with Crippen LogP contribution in [0.1, 0.15) is 37.3 Å². The summed E-state index contributed by atoms with van der Waals surface area (Å²) < 4.78 is 3.91. The Morgan fingerprint density at radius 2 is 2.38 bits per heavy atom. The zero-order valence-electron chi connectivity index (χ0n) is 7.95. The Labute approximate surface area is 82.0 Å². The van der Waals surface area contributed by atoms with Crippen LogP contribution in [0.5, 0.6) is 0 Å². The highest BCUT2D eigenvalue weighted by Crippen LogP contribution is 2.53. The van der Waals surface area contributed by atoms with E-state index in [-0.39, 0.29) is 0 Å². The van der Waals surface area contributed by atoms with E-state index in [0.717, 1.165) is 29.8 Å². The second-order valence-electron chi connectivity index (χ2n) is 3.83. The highest BCUT2D eigenvalue weighted by atomic mass is 32.1. The molecule has 0 aliphatic heterocycles. The zero-order valence-corrected chi connectivity index (χ0v) is 8.77. The minimum Gasteiger partial charge on any atom is -0.384 e. The van der Waals surface area contributed by atoms with Gasteiger partial charge in [0.15, 0.2) is 0 Å². The van der Waals surface area contributed by atoms with Gasteiger partial charge in [0.1, 0.15) is 5.60 Å². The zero-order chi connectivity index (χ0) is 9.47. The monoisotopic (exact) mass is 198 g/mol. The van der Waals surface area contributed by atoms with Crippen LogP contribution in [0.4, 0.5) is 0 Å². The number of hydrogen-bond donors (Lipinski definition) is 1. The van der Waals surface area contributed by atoms with Crippen LogP contribution >= 0.6 is 11.5 Å². The van der Waals surface area contributed by atoms with E-state index in [4.69, 9.17) is 0 Å². The maximum Gasteiger partial charge on any atom is 0.105 e. The van der Waals surface area contributed by atoms with E-state index in [1.165, 1.54) is 11.5 Å². The number of aromatic nitrogens is 2. The molecule has 0 bridgehead atoms. The maximum absolute atomic E-state index is 10.1. The van der Waals surface area contributed by atoms with E-state index >= 15 is 0 Å². The lowest BCUT2D eigenvalue weighted by molar-refractivity contribution is 0.137. The summed E-state index contributed by atoms with van der Waals surface area (Å²) in [5.41, 5.74) is 0.415. The van der Waals surface area contributed by atoms with Crippen molar-refractivity contribution in [2.75, 3.05) is 0 Å².